The second-order valence-electron chi connectivity index (χ2n) is 4.86. The molecule has 0 aliphatic heterocycles. The van der Waals surface area contributed by atoms with Crippen molar-refractivity contribution in [2.24, 2.45) is 0 Å². The van der Waals surface area contributed by atoms with Crippen LogP contribution in [0.5, 0.6) is 0 Å². The number of nitrogens with one attached hydrogen (secondary N) is 1. The van der Waals surface area contributed by atoms with Gasteiger partial charge in [-0.25, -0.2) is 4.98 Å². The molecule has 3 rings (SSSR count). The van der Waals surface area contributed by atoms with E-state index in [1.54, 1.807) is 0 Å². The highest BCUT2D eigenvalue weighted by molar-refractivity contribution is 5.63. The summed E-state index contributed by atoms with van der Waals surface area (Å²) in [7, 11) is 0. The molecule has 0 spiro atoms. The molecule has 0 aliphatic rings. The number of hydrogen-bond donors (Lipinski definition) is 2. The minimum atomic E-state index is -0.186. The molecule has 2 aromatic carbocycles. The van der Waals surface area contributed by atoms with Crippen LogP contribution in [0, 0.1) is 0 Å². The van der Waals surface area contributed by atoms with E-state index < -0.39 is 0 Å². The van der Waals surface area contributed by atoms with Crippen molar-refractivity contribution in [3.63, 3.8) is 0 Å². The SMILES string of the molecule is Nc1ncc(Cc2ccc(-c3ccccc3)cc2)c(=O)[nH]1. The summed E-state index contributed by atoms with van der Waals surface area (Å²) < 4.78 is 0. The molecule has 0 unspecified atom stereocenters. The van der Waals surface area contributed by atoms with E-state index in [-0.39, 0.29) is 11.5 Å². The Hall–Kier alpha value is -2.88. The molecular formula is C17H15N3O. The van der Waals surface area contributed by atoms with Crippen molar-refractivity contribution in [1.82, 2.24) is 9.97 Å². The van der Waals surface area contributed by atoms with Gasteiger partial charge in [-0.2, -0.15) is 0 Å². The number of anilines is 1. The highest BCUT2D eigenvalue weighted by atomic mass is 16.1. The topological polar surface area (TPSA) is 71.8 Å². The van der Waals surface area contributed by atoms with Crippen LogP contribution in [0.1, 0.15) is 11.1 Å². The minimum Gasteiger partial charge on any atom is -0.369 e. The van der Waals surface area contributed by atoms with E-state index in [4.69, 9.17) is 5.73 Å². The van der Waals surface area contributed by atoms with E-state index in [0.29, 0.717) is 12.0 Å². The summed E-state index contributed by atoms with van der Waals surface area (Å²) >= 11 is 0. The summed E-state index contributed by atoms with van der Waals surface area (Å²) in [6, 6.07) is 18.3. The maximum absolute atomic E-state index is 11.8. The maximum Gasteiger partial charge on any atom is 0.255 e. The lowest BCUT2D eigenvalue weighted by molar-refractivity contribution is 1.04. The smallest absolute Gasteiger partial charge is 0.255 e. The molecule has 0 radical (unpaired) electrons. The zero-order valence-corrected chi connectivity index (χ0v) is 11.4. The molecule has 0 saturated carbocycles. The van der Waals surface area contributed by atoms with Crippen molar-refractivity contribution in [2.75, 3.05) is 5.73 Å². The van der Waals surface area contributed by atoms with Gasteiger partial charge in [0.15, 0.2) is 5.95 Å². The fraction of sp³-hybridized carbons (Fsp3) is 0.0588. The highest BCUT2D eigenvalue weighted by Crippen LogP contribution is 2.19. The first-order valence-electron chi connectivity index (χ1n) is 6.70. The average Bonchev–Trinajstić information content (AvgIpc) is 2.52. The number of hydrogen-bond acceptors (Lipinski definition) is 3. The molecule has 0 saturated heterocycles. The first-order valence-corrected chi connectivity index (χ1v) is 6.70. The van der Waals surface area contributed by atoms with Crippen LogP contribution in [0.25, 0.3) is 11.1 Å². The van der Waals surface area contributed by atoms with Gasteiger partial charge in [0, 0.05) is 18.2 Å². The van der Waals surface area contributed by atoms with Gasteiger partial charge in [-0.15, -0.1) is 0 Å². The van der Waals surface area contributed by atoms with Gasteiger partial charge in [0.05, 0.1) is 0 Å². The van der Waals surface area contributed by atoms with Gasteiger partial charge in [-0.3, -0.25) is 9.78 Å². The molecule has 4 nitrogen and oxygen atoms in total. The van der Waals surface area contributed by atoms with E-state index in [9.17, 15) is 4.79 Å². The zero-order valence-electron chi connectivity index (χ0n) is 11.4. The first-order chi connectivity index (χ1) is 10.2. The third-order valence-corrected chi connectivity index (χ3v) is 3.35. The Bertz CT molecular complexity index is 792. The van der Waals surface area contributed by atoms with Crippen LogP contribution >= 0.6 is 0 Å². The fourth-order valence-corrected chi connectivity index (χ4v) is 2.23. The van der Waals surface area contributed by atoms with Gasteiger partial charge in [-0.1, -0.05) is 54.6 Å². The molecule has 104 valence electrons. The lowest BCUT2D eigenvalue weighted by Crippen LogP contribution is -2.15. The third kappa shape index (κ3) is 3.00. The van der Waals surface area contributed by atoms with Gasteiger partial charge >= 0.3 is 0 Å². The fourth-order valence-electron chi connectivity index (χ4n) is 2.23. The van der Waals surface area contributed by atoms with Gasteiger partial charge in [0.2, 0.25) is 0 Å². The standard InChI is InChI=1S/C17H15N3O/c18-17-19-11-15(16(21)20-17)10-12-6-8-14(9-7-12)13-4-2-1-3-5-13/h1-9,11H,10H2,(H3,18,19,20,21). The van der Waals surface area contributed by atoms with Crippen molar-refractivity contribution in [3.8, 4) is 11.1 Å². The summed E-state index contributed by atoms with van der Waals surface area (Å²) in [6.07, 6.45) is 2.07. The highest BCUT2D eigenvalue weighted by Gasteiger charge is 2.03. The zero-order chi connectivity index (χ0) is 14.7. The molecule has 0 bridgehead atoms. The van der Waals surface area contributed by atoms with Crippen molar-refractivity contribution in [1.29, 1.82) is 0 Å². The normalized spacial score (nSPS) is 10.5. The molecule has 1 aromatic heterocycles. The van der Waals surface area contributed by atoms with Gasteiger partial charge in [0.25, 0.3) is 5.56 Å². The summed E-state index contributed by atoms with van der Waals surface area (Å²) in [5, 5.41) is 0. The maximum atomic E-state index is 11.8. The average molecular weight is 277 g/mol. The monoisotopic (exact) mass is 277 g/mol. The molecule has 4 heteroatoms. The quantitative estimate of drug-likeness (QED) is 0.773. The number of rotatable bonds is 3. The van der Waals surface area contributed by atoms with Crippen molar-refractivity contribution >= 4 is 5.95 Å². The van der Waals surface area contributed by atoms with Crippen molar-refractivity contribution in [3.05, 3.63) is 82.3 Å². The summed E-state index contributed by atoms with van der Waals surface area (Å²) in [4.78, 5) is 18.2. The molecule has 1 heterocycles. The summed E-state index contributed by atoms with van der Waals surface area (Å²) in [5.41, 5.74) is 9.26. The van der Waals surface area contributed by atoms with Crippen molar-refractivity contribution < 1.29 is 0 Å². The number of H-pyrrole nitrogens is 1. The number of nitrogens with two attached hydrogens (primary N) is 1. The number of nitrogen functional groups attached to an aromatic ring is 1. The molecule has 3 aromatic rings. The van der Waals surface area contributed by atoms with E-state index in [0.717, 1.165) is 11.1 Å². The molecular weight excluding hydrogens is 262 g/mol. The van der Waals surface area contributed by atoms with E-state index >= 15 is 0 Å². The lowest BCUT2D eigenvalue weighted by atomic mass is 10.0. The third-order valence-electron chi connectivity index (χ3n) is 3.35. The molecule has 3 N–H and O–H groups in total. The lowest BCUT2D eigenvalue weighted by Gasteiger charge is -2.04. The van der Waals surface area contributed by atoms with Crippen LogP contribution in [0.3, 0.4) is 0 Å². The van der Waals surface area contributed by atoms with Crippen LogP contribution in [-0.4, -0.2) is 9.97 Å². The largest absolute Gasteiger partial charge is 0.369 e. The van der Waals surface area contributed by atoms with Crippen LogP contribution in [0.4, 0.5) is 5.95 Å². The Morgan fingerprint density at radius 3 is 2.29 bits per heavy atom. The number of aromatic nitrogens is 2. The number of nitrogens with zero attached hydrogens (tertiary/aromatic N) is 1. The Labute approximate surface area is 122 Å². The Morgan fingerprint density at radius 1 is 0.952 bits per heavy atom. The number of aromatic amines is 1. The Kier molecular flexibility index (Phi) is 3.51. The van der Waals surface area contributed by atoms with E-state index in [1.165, 1.54) is 11.8 Å². The van der Waals surface area contributed by atoms with E-state index in [1.807, 2.05) is 30.3 Å². The predicted octanol–water partition coefficient (Wildman–Crippen LogP) is 2.61. The summed E-state index contributed by atoms with van der Waals surface area (Å²) in [6.45, 7) is 0. The van der Waals surface area contributed by atoms with Crippen LogP contribution < -0.4 is 11.3 Å². The molecule has 0 atom stereocenters. The first kappa shape index (κ1) is 13.1. The number of benzene rings is 2. The second kappa shape index (κ2) is 5.63. The van der Waals surface area contributed by atoms with Crippen LogP contribution in [0.2, 0.25) is 0 Å². The summed E-state index contributed by atoms with van der Waals surface area (Å²) in [5.74, 6) is 0.142. The Morgan fingerprint density at radius 2 is 1.62 bits per heavy atom. The predicted molar refractivity (Wildman–Crippen MR) is 84.0 cm³/mol. The molecule has 0 fully saturated rings. The Balaban J connectivity index is 1.83. The van der Waals surface area contributed by atoms with Gasteiger partial charge in [0.1, 0.15) is 0 Å². The van der Waals surface area contributed by atoms with Crippen LogP contribution in [-0.2, 0) is 6.42 Å². The van der Waals surface area contributed by atoms with Gasteiger partial charge in [-0.05, 0) is 16.7 Å². The molecule has 0 aliphatic carbocycles. The van der Waals surface area contributed by atoms with E-state index in [2.05, 4.69) is 34.2 Å². The van der Waals surface area contributed by atoms with Gasteiger partial charge < -0.3 is 5.73 Å². The second-order valence-corrected chi connectivity index (χ2v) is 4.86. The molecule has 0 amide bonds. The molecule has 21 heavy (non-hydrogen) atoms. The van der Waals surface area contributed by atoms with Crippen molar-refractivity contribution in [2.45, 2.75) is 6.42 Å². The minimum absolute atomic E-state index is 0.142. The van der Waals surface area contributed by atoms with Crippen LogP contribution in [0.15, 0.2) is 65.6 Å².